The van der Waals surface area contributed by atoms with E-state index in [1.165, 1.54) is 4.31 Å². The van der Waals surface area contributed by atoms with Crippen molar-refractivity contribution in [1.82, 2.24) is 14.6 Å². The van der Waals surface area contributed by atoms with Crippen LogP contribution in [0.2, 0.25) is 0 Å². The lowest BCUT2D eigenvalue weighted by Gasteiger charge is -2.30. The number of aromatic nitrogens is 1. The predicted molar refractivity (Wildman–Crippen MR) is 77.8 cm³/mol. The predicted octanol–water partition coefficient (Wildman–Crippen LogP) is 1.02. The second-order valence-electron chi connectivity index (χ2n) is 4.61. The van der Waals surface area contributed by atoms with Gasteiger partial charge in [-0.15, -0.1) is 12.4 Å². The summed E-state index contributed by atoms with van der Waals surface area (Å²) in [5.41, 5.74) is 0.735. The molecule has 0 aromatic carbocycles. The van der Waals surface area contributed by atoms with E-state index < -0.39 is 10.0 Å². The van der Waals surface area contributed by atoms with Crippen LogP contribution in [0.4, 0.5) is 0 Å². The van der Waals surface area contributed by atoms with Gasteiger partial charge in [0, 0.05) is 25.5 Å². The van der Waals surface area contributed by atoms with Crippen LogP contribution in [0.15, 0.2) is 24.5 Å². The molecule has 0 radical (unpaired) electrons. The Balaban J connectivity index is 0.00000180. The maximum absolute atomic E-state index is 12.3. The Kier molecular flexibility index (Phi) is 6.19. The molecule has 1 aromatic heterocycles. The van der Waals surface area contributed by atoms with Crippen molar-refractivity contribution in [2.45, 2.75) is 24.6 Å². The van der Waals surface area contributed by atoms with E-state index in [1.807, 2.05) is 0 Å². The van der Waals surface area contributed by atoms with Crippen LogP contribution in [0.25, 0.3) is 0 Å². The number of nitrogens with zero attached hydrogens (tertiary/aromatic N) is 2. The van der Waals surface area contributed by atoms with Crippen LogP contribution in [-0.2, 0) is 15.8 Å². The van der Waals surface area contributed by atoms with Crippen molar-refractivity contribution >= 4 is 22.4 Å². The van der Waals surface area contributed by atoms with E-state index in [4.69, 9.17) is 0 Å². The van der Waals surface area contributed by atoms with Crippen LogP contribution >= 0.6 is 12.4 Å². The van der Waals surface area contributed by atoms with Crippen molar-refractivity contribution < 1.29 is 8.42 Å². The van der Waals surface area contributed by atoms with Gasteiger partial charge in [-0.25, -0.2) is 12.7 Å². The Morgan fingerprint density at radius 2 is 2.11 bits per heavy atom. The number of sulfonamides is 1. The summed E-state index contributed by atoms with van der Waals surface area (Å²) < 4.78 is 26.1. The molecule has 1 aromatic rings. The minimum absolute atomic E-state index is 0. The Morgan fingerprint density at radius 3 is 2.68 bits per heavy atom. The molecule has 0 amide bonds. The summed E-state index contributed by atoms with van der Waals surface area (Å²) in [6, 6.07) is 3.67. The maximum Gasteiger partial charge on any atom is 0.218 e. The Labute approximate surface area is 120 Å². The summed E-state index contributed by atoms with van der Waals surface area (Å²) in [5, 5.41) is 3.24. The van der Waals surface area contributed by atoms with Crippen LogP contribution in [0.3, 0.4) is 0 Å². The standard InChI is InChI=1S/C12H19N3O2S.ClH/c1-15(12-4-7-13-8-5-12)18(16,17)10-11-3-2-6-14-9-11;/h2-3,6,9,12-13H,4-5,7-8,10H2,1H3;1H. The summed E-state index contributed by atoms with van der Waals surface area (Å²) in [7, 11) is -1.57. The first-order valence-electron chi connectivity index (χ1n) is 6.15. The molecule has 2 rings (SSSR count). The van der Waals surface area contributed by atoms with Crippen molar-refractivity contribution in [3.8, 4) is 0 Å². The highest BCUT2D eigenvalue weighted by molar-refractivity contribution is 7.88. The van der Waals surface area contributed by atoms with Gasteiger partial charge in [-0.2, -0.15) is 0 Å². The van der Waals surface area contributed by atoms with Crippen molar-refractivity contribution in [3.05, 3.63) is 30.1 Å². The Morgan fingerprint density at radius 1 is 1.42 bits per heavy atom. The summed E-state index contributed by atoms with van der Waals surface area (Å²) in [5.74, 6) is 0.0290. The fourth-order valence-electron chi connectivity index (χ4n) is 2.19. The van der Waals surface area contributed by atoms with Crippen molar-refractivity contribution in [2.24, 2.45) is 0 Å². The van der Waals surface area contributed by atoms with Gasteiger partial charge in [0.2, 0.25) is 10.0 Å². The lowest BCUT2D eigenvalue weighted by molar-refractivity contribution is 0.296. The highest BCUT2D eigenvalue weighted by Gasteiger charge is 2.27. The molecule has 1 fully saturated rings. The largest absolute Gasteiger partial charge is 0.317 e. The van der Waals surface area contributed by atoms with E-state index in [0.717, 1.165) is 31.5 Å². The molecule has 7 heteroatoms. The fourth-order valence-corrected chi connectivity index (χ4v) is 3.65. The average Bonchev–Trinajstić information content (AvgIpc) is 2.39. The highest BCUT2D eigenvalue weighted by Crippen LogP contribution is 2.17. The quantitative estimate of drug-likeness (QED) is 0.902. The number of hydrogen-bond donors (Lipinski definition) is 1. The second-order valence-corrected chi connectivity index (χ2v) is 6.64. The minimum atomic E-state index is -3.25. The molecule has 0 bridgehead atoms. The zero-order chi connectivity index (χ0) is 13.0. The first kappa shape index (κ1) is 16.4. The third-order valence-electron chi connectivity index (χ3n) is 3.33. The van der Waals surface area contributed by atoms with Crippen molar-refractivity contribution in [1.29, 1.82) is 0 Å². The molecule has 1 N–H and O–H groups in total. The Bertz CT molecular complexity index is 475. The van der Waals surface area contributed by atoms with Crippen molar-refractivity contribution in [2.75, 3.05) is 20.1 Å². The number of hydrogen-bond acceptors (Lipinski definition) is 4. The second kappa shape index (κ2) is 7.19. The van der Waals surface area contributed by atoms with Gasteiger partial charge in [0.1, 0.15) is 0 Å². The topological polar surface area (TPSA) is 62.3 Å². The fraction of sp³-hybridized carbons (Fsp3) is 0.583. The van der Waals surface area contributed by atoms with Crippen LogP contribution in [0, 0.1) is 0 Å². The molecule has 0 spiro atoms. The molecule has 5 nitrogen and oxygen atoms in total. The van der Waals surface area contributed by atoms with Gasteiger partial charge in [0.15, 0.2) is 0 Å². The van der Waals surface area contributed by atoms with E-state index in [0.29, 0.717) is 0 Å². The molecule has 0 unspecified atom stereocenters. The van der Waals surface area contributed by atoms with E-state index >= 15 is 0 Å². The molecular weight excluding hydrogens is 286 g/mol. The van der Waals surface area contributed by atoms with Gasteiger partial charge >= 0.3 is 0 Å². The zero-order valence-electron chi connectivity index (χ0n) is 10.9. The molecule has 1 aliphatic heterocycles. The maximum atomic E-state index is 12.3. The van der Waals surface area contributed by atoms with Crippen LogP contribution < -0.4 is 5.32 Å². The third-order valence-corrected chi connectivity index (χ3v) is 5.21. The molecule has 0 aliphatic carbocycles. The number of halogens is 1. The van der Waals surface area contributed by atoms with Gasteiger partial charge in [-0.05, 0) is 37.6 Å². The molecule has 108 valence electrons. The van der Waals surface area contributed by atoms with Gasteiger partial charge in [-0.3, -0.25) is 4.98 Å². The van der Waals surface area contributed by atoms with E-state index in [2.05, 4.69) is 10.3 Å². The van der Waals surface area contributed by atoms with E-state index in [9.17, 15) is 8.42 Å². The molecule has 1 saturated heterocycles. The molecule has 2 heterocycles. The zero-order valence-corrected chi connectivity index (χ0v) is 12.6. The van der Waals surface area contributed by atoms with Crippen LogP contribution in [-0.4, -0.2) is 43.9 Å². The monoisotopic (exact) mass is 305 g/mol. The lowest BCUT2D eigenvalue weighted by Crippen LogP contribution is -2.44. The van der Waals surface area contributed by atoms with Gasteiger partial charge in [0.25, 0.3) is 0 Å². The first-order chi connectivity index (χ1) is 8.59. The number of piperidine rings is 1. The average molecular weight is 306 g/mol. The first-order valence-corrected chi connectivity index (χ1v) is 7.76. The smallest absolute Gasteiger partial charge is 0.218 e. The van der Waals surface area contributed by atoms with Crippen LogP contribution in [0.5, 0.6) is 0 Å². The van der Waals surface area contributed by atoms with Crippen LogP contribution in [0.1, 0.15) is 18.4 Å². The third kappa shape index (κ3) is 4.42. The normalized spacial score (nSPS) is 17.2. The summed E-state index contributed by atoms with van der Waals surface area (Å²) >= 11 is 0. The number of rotatable bonds is 4. The van der Waals surface area contributed by atoms with E-state index in [1.54, 1.807) is 31.6 Å². The molecule has 19 heavy (non-hydrogen) atoms. The Hall–Kier alpha value is -0.690. The summed E-state index contributed by atoms with van der Waals surface area (Å²) in [4.78, 5) is 3.95. The highest BCUT2D eigenvalue weighted by atomic mass is 35.5. The minimum Gasteiger partial charge on any atom is -0.317 e. The van der Waals surface area contributed by atoms with Crippen molar-refractivity contribution in [3.63, 3.8) is 0 Å². The van der Waals surface area contributed by atoms with E-state index in [-0.39, 0.29) is 24.2 Å². The molecule has 0 atom stereocenters. The summed E-state index contributed by atoms with van der Waals surface area (Å²) in [6.45, 7) is 1.77. The SMILES string of the molecule is CN(C1CCNCC1)S(=O)(=O)Cc1cccnc1.Cl. The number of pyridine rings is 1. The molecule has 1 aliphatic rings. The van der Waals surface area contributed by atoms with Gasteiger partial charge < -0.3 is 5.32 Å². The number of nitrogens with one attached hydrogen (secondary N) is 1. The lowest BCUT2D eigenvalue weighted by atomic mass is 10.1. The van der Waals surface area contributed by atoms with Gasteiger partial charge in [0.05, 0.1) is 5.75 Å². The molecule has 0 saturated carbocycles. The molecular formula is C12H20ClN3O2S. The van der Waals surface area contributed by atoms with Gasteiger partial charge in [-0.1, -0.05) is 6.07 Å². The summed E-state index contributed by atoms with van der Waals surface area (Å²) in [6.07, 6.45) is 5.01.